The van der Waals surface area contributed by atoms with Crippen LogP contribution in [0.3, 0.4) is 0 Å². The van der Waals surface area contributed by atoms with E-state index in [0.717, 1.165) is 0 Å². The number of hydrogen-bond acceptors (Lipinski definition) is 7. The van der Waals surface area contributed by atoms with Gasteiger partial charge in [-0.2, -0.15) is 23.4 Å². The van der Waals surface area contributed by atoms with Gasteiger partial charge >= 0.3 is 6.18 Å². The van der Waals surface area contributed by atoms with E-state index in [0.29, 0.717) is 29.3 Å². The van der Waals surface area contributed by atoms with Crippen LogP contribution in [0.1, 0.15) is 72.6 Å². The number of halogens is 5. The Morgan fingerprint density at radius 2 is 1.93 bits per heavy atom. The SMILES string of the molecule is CCn1nccc1C(=O)N[C@H](c1cn2nc(C[C@H]3C[C@@H](C(F)(F)F)CNC3=O)c(CN(C)C)nc2n1)C1CCC(F)(F)CC1. The average molecular weight is 626 g/mol. The standard InChI is InChI=1S/C28H36F5N9O2/c1-4-41-22(7-10-35-41)25(44)38-23(16-5-8-27(29,30)9-6-16)21-15-42-26(37-21)36-20(14-40(2)3)19(39-42)12-17-11-18(28(31,32)33)13-34-24(17)43/h7,10,15-18,23H,4-6,8-9,11-14H2,1-3H3,(H,34,43)(H,38,44)/t17-,18-,23+/m1/s1. The van der Waals surface area contributed by atoms with E-state index >= 15 is 0 Å². The zero-order valence-corrected chi connectivity index (χ0v) is 24.7. The molecule has 0 aromatic carbocycles. The molecule has 1 aliphatic carbocycles. The second kappa shape index (κ2) is 12.4. The van der Waals surface area contributed by atoms with Crippen LogP contribution in [-0.4, -0.2) is 78.8 Å². The van der Waals surface area contributed by atoms with Crippen molar-refractivity contribution in [1.82, 2.24) is 44.9 Å². The van der Waals surface area contributed by atoms with E-state index in [9.17, 15) is 31.5 Å². The summed E-state index contributed by atoms with van der Waals surface area (Å²) < 4.78 is 71.4. The molecule has 16 heteroatoms. The van der Waals surface area contributed by atoms with Crippen LogP contribution in [0.25, 0.3) is 5.78 Å². The lowest BCUT2D eigenvalue weighted by Crippen LogP contribution is -2.47. The van der Waals surface area contributed by atoms with Crippen LogP contribution in [0.15, 0.2) is 18.5 Å². The molecule has 0 unspecified atom stereocenters. The van der Waals surface area contributed by atoms with Gasteiger partial charge in [0, 0.05) is 51.0 Å². The molecule has 44 heavy (non-hydrogen) atoms. The first kappa shape index (κ1) is 31.7. The van der Waals surface area contributed by atoms with Gasteiger partial charge < -0.3 is 15.5 Å². The van der Waals surface area contributed by atoms with E-state index in [-0.39, 0.29) is 56.8 Å². The van der Waals surface area contributed by atoms with Crippen molar-refractivity contribution >= 4 is 17.6 Å². The molecule has 2 fully saturated rings. The summed E-state index contributed by atoms with van der Waals surface area (Å²) in [5.41, 5.74) is 1.49. The molecular formula is C28H36F5N9O2. The molecule has 2 amide bonds. The first-order valence-electron chi connectivity index (χ1n) is 14.7. The molecule has 4 heterocycles. The third kappa shape index (κ3) is 7.00. The monoisotopic (exact) mass is 625 g/mol. The summed E-state index contributed by atoms with van der Waals surface area (Å²) in [5, 5.41) is 14.1. The Morgan fingerprint density at radius 1 is 1.20 bits per heavy atom. The van der Waals surface area contributed by atoms with E-state index in [2.05, 4.69) is 30.8 Å². The summed E-state index contributed by atoms with van der Waals surface area (Å²) >= 11 is 0. The molecule has 2 N–H and O–H groups in total. The average Bonchev–Trinajstić information content (AvgIpc) is 3.59. The quantitative estimate of drug-likeness (QED) is 0.349. The normalized spacial score (nSPS) is 21.9. The lowest BCUT2D eigenvalue weighted by atomic mass is 9.81. The lowest BCUT2D eigenvalue weighted by molar-refractivity contribution is -0.183. The predicted molar refractivity (Wildman–Crippen MR) is 148 cm³/mol. The molecule has 1 aliphatic heterocycles. The molecule has 3 aromatic rings. The van der Waals surface area contributed by atoms with Gasteiger partial charge in [0.05, 0.1) is 35.2 Å². The van der Waals surface area contributed by atoms with Gasteiger partial charge in [-0.05, 0) is 52.3 Å². The Bertz CT molecular complexity index is 1490. The van der Waals surface area contributed by atoms with Gasteiger partial charge in [0.15, 0.2) is 0 Å². The van der Waals surface area contributed by atoms with E-state index in [1.807, 2.05) is 11.8 Å². The molecule has 0 spiro atoms. The number of hydrogen-bond donors (Lipinski definition) is 2. The number of fused-ring (bicyclic) bond motifs is 1. The highest BCUT2D eigenvalue weighted by atomic mass is 19.4. The summed E-state index contributed by atoms with van der Waals surface area (Å²) in [6.07, 6.45) is -2.12. The van der Waals surface area contributed by atoms with Crippen molar-refractivity contribution in [3.8, 4) is 0 Å². The van der Waals surface area contributed by atoms with E-state index in [1.54, 1.807) is 26.4 Å². The number of carbonyl (C=O) groups excluding carboxylic acids is 2. The summed E-state index contributed by atoms with van der Waals surface area (Å²) in [7, 11) is 3.59. The van der Waals surface area contributed by atoms with Crippen LogP contribution in [0.2, 0.25) is 0 Å². The zero-order chi connectivity index (χ0) is 31.8. The minimum absolute atomic E-state index is 0.0586. The number of nitrogens with zero attached hydrogens (tertiary/aromatic N) is 7. The third-order valence-electron chi connectivity index (χ3n) is 8.40. The Labute approximate surface area is 250 Å². The maximum atomic E-state index is 14.1. The molecule has 0 radical (unpaired) electrons. The number of carbonyl (C=O) groups is 2. The molecule has 5 rings (SSSR count). The second-order valence-electron chi connectivity index (χ2n) is 12.0. The summed E-state index contributed by atoms with van der Waals surface area (Å²) in [6, 6.07) is 0.835. The summed E-state index contributed by atoms with van der Waals surface area (Å²) in [5.74, 6) is -6.45. The summed E-state index contributed by atoms with van der Waals surface area (Å²) in [6.45, 7) is 2.13. The van der Waals surface area contributed by atoms with E-state index in [1.165, 1.54) is 15.4 Å². The van der Waals surface area contributed by atoms with Crippen LogP contribution >= 0.6 is 0 Å². The summed E-state index contributed by atoms with van der Waals surface area (Å²) in [4.78, 5) is 37.0. The predicted octanol–water partition coefficient (Wildman–Crippen LogP) is 3.56. The van der Waals surface area contributed by atoms with Gasteiger partial charge in [-0.15, -0.1) is 0 Å². The van der Waals surface area contributed by atoms with Crippen molar-refractivity contribution in [3.63, 3.8) is 0 Å². The third-order valence-corrected chi connectivity index (χ3v) is 8.40. The highest BCUT2D eigenvalue weighted by molar-refractivity contribution is 5.92. The molecule has 11 nitrogen and oxygen atoms in total. The minimum Gasteiger partial charge on any atom is -0.355 e. The van der Waals surface area contributed by atoms with Crippen LogP contribution in [0, 0.1) is 17.8 Å². The Kier molecular flexibility index (Phi) is 8.92. The van der Waals surface area contributed by atoms with Crippen LogP contribution < -0.4 is 10.6 Å². The van der Waals surface area contributed by atoms with Crippen LogP contribution in [-0.2, 0) is 24.3 Å². The second-order valence-corrected chi connectivity index (χ2v) is 12.0. The van der Waals surface area contributed by atoms with Crippen molar-refractivity contribution in [2.24, 2.45) is 17.8 Å². The number of rotatable bonds is 9. The molecule has 3 atom stereocenters. The number of nitrogens with one attached hydrogen (secondary N) is 2. The van der Waals surface area contributed by atoms with Gasteiger partial charge in [0.25, 0.3) is 11.7 Å². The number of imidazole rings is 1. The van der Waals surface area contributed by atoms with Gasteiger partial charge in [-0.1, -0.05) is 0 Å². The zero-order valence-electron chi connectivity index (χ0n) is 24.7. The number of alkyl halides is 5. The highest BCUT2D eigenvalue weighted by Gasteiger charge is 2.45. The van der Waals surface area contributed by atoms with E-state index in [4.69, 9.17) is 0 Å². The number of aromatic nitrogens is 6. The van der Waals surface area contributed by atoms with Gasteiger partial charge in [-0.25, -0.2) is 23.3 Å². The van der Waals surface area contributed by atoms with Gasteiger partial charge in [0.1, 0.15) is 5.69 Å². The van der Waals surface area contributed by atoms with Crippen molar-refractivity contribution in [3.05, 3.63) is 41.2 Å². The Hall–Kier alpha value is -3.69. The Balaban J connectivity index is 1.49. The fourth-order valence-electron chi connectivity index (χ4n) is 6.02. The maximum Gasteiger partial charge on any atom is 0.393 e. The minimum atomic E-state index is -4.44. The molecule has 240 valence electrons. The number of aryl methyl sites for hydroxylation is 1. The van der Waals surface area contributed by atoms with Crippen molar-refractivity contribution in [2.45, 2.75) is 76.7 Å². The van der Waals surface area contributed by atoms with Crippen molar-refractivity contribution in [1.29, 1.82) is 0 Å². The molecule has 2 aliphatic rings. The highest BCUT2D eigenvalue weighted by Crippen LogP contribution is 2.41. The van der Waals surface area contributed by atoms with Crippen LogP contribution in [0.5, 0.6) is 0 Å². The first-order chi connectivity index (χ1) is 20.7. The number of amides is 2. The molecule has 1 saturated carbocycles. The molecule has 0 bridgehead atoms. The van der Waals surface area contributed by atoms with Gasteiger partial charge in [0.2, 0.25) is 11.8 Å². The van der Waals surface area contributed by atoms with Gasteiger partial charge in [-0.3, -0.25) is 14.3 Å². The largest absolute Gasteiger partial charge is 0.393 e. The molecule has 1 saturated heterocycles. The van der Waals surface area contributed by atoms with Crippen molar-refractivity contribution in [2.75, 3.05) is 20.6 Å². The lowest BCUT2D eigenvalue weighted by Gasteiger charge is -2.33. The first-order valence-corrected chi connectivity index (χ1v) is 14.7. The fourth-order valence-corrected chi connectivity index (χ4v) is 6.02. The van der Waals surface area contributed by atoms with Crippen molar-refractivity contribution < 1.29 is 31.5 Å². The molecule has 3 aromatic heterocycles. The topological polar surface area (TPSA) is 122 Å². The fraction of sp³-hybridized carbons (Fsp3) is 0.643. The van der Waals surface area contributed by atoms with E-state index < -0.39 is 48.3 Å². The smallest absolute Gasteiger partial charge is 0.355 e. The number of piperidine rings is 1. The Morgan fingerprint density at radius 3 is 2.59 bits per heavy atom. The van der Waals surface area contributed by atoms with Crippen LogP contribution in [0.4, 0.5) is 22.0 Å². The molecular weight excluding hydrogens is 589 g/mol. The maximum absolute atomic E-state index is 14.1.